The summed E-state index contributed by atoms with van der Waals surface area (Å²) in [6.45, 7) is 0. The molecule has 0 atom stereocenters. The van der Waals surface area contributed by atoms with E-state index in [-0.39, 0.29) is 11.7 Å². The molecule has 18 heavy (non-hydrogen) atoms. The van der Waals surface area contributed by atoms with E-state index in [9.17, 15) is 4.79 Å². The predicted molar refractivity (Wildman–Crippen MR) is 74.3 cm³/mol. The highest BCUT2D eigenvalue weighted by molar-refractivity contribution is 9.10. The Morgan fingerprint density at radius 1 is 1.56 bits per heavy atom. The minimum atomic E-state index is -0.123. The van der Waals surface area contributed by atoms with Crippen molar-refractivity contribution in [2.45, 2.75) is 5.16 Å². The maximum absolute atomic E-state index is 11.7. The lowest BCUT2D eigenvalue weighted by molar-refractivity contribution is -0.113. The number of nitrogen functional groups attached to an aromatic ring is 1. The first-order valence-corrected chi connectivity index (χ1v) is 6.76. The quantitative estimate of drug-likeness (QED) is 0.588. The number of rotatable bonds is 4. The van der Waals surface area contributed by atoms with Crippen LogP contribution in [0.4, 0.5) is 11.4 Å². The standard InChI is InChI=1S/C10H10BrN5OS/c11-7-3-6(12)1-2-8(7)15-9(17)4-18-10-13-5-14-16-10/h1-3,5H,4,12H2,(H,15,17)(H,13,14,16). The van der Waals surface area contributed by atoms with Crippen molar-refractivity contribution in [1.29, 1.82) is 0 Å². The molecular weight excluding hydrogens is 318 g/mol. The fourth-order valence-corrected chi connectivity index (χ4v) is 2.29. The molecule has 0 spiro atoms. The summed E-state index contributed by atoms with van der Waals surface area (Å²) >= 11 is 4.62. The van der Waals surface area contributed by atoms with E-state index in [2.05, 4.69) is 36.4 Å². The predicted octanol–water partition coefficient (Wildman–Crippen LogP) is 1.88. The van der Waals surface area contributed by atoms with Crippen molar-refractivity contribution in [3.05, 3.63) is 29.0 Å². The van der Waals surface area contributed by atoms with Crippen LogP contribution in [0, 0.1) is 0 Å². The molecule has 94 valence electrons. The zero-order chi connectivity index (χ0) is 13.0. The monoisotopic (exact) mass is 327 g/mol. The molecule has 1 amide bonds. The number of hydrogen-bond donors (Lipinski definition) is 3. The molecule has 1 aromatic carbocycles. The van der Waals surface area contributed by atoms with Gasteiger partial charge in [-0.1, -0.05) is 11.8 Å². The molecule has 4 N–H and O–H groups in total. The third-order valence-corrected chi connectivity index (χ3v) is 3.53. The minimum absolute atomic E-state index is 0.123. The van der Waals surface area contributed by atoms with E-state index < -0.39 is 0 Å². The number of nitrogens with zero attached hydrogens (tertiary/aromatic N) is 2. The molecule has 2 rings (SSSR count). The Kier molecular flexibility index (Phi) is 4.21. The van der Waals surface area contributed by atoms with Gasteiger partial charge in [-0.05, 0) is 34.1 Å². The lowest BCUT2D eigenvalue weighted by Crippen LogP contribution is -2.14. The van der Waals surface area contributed by atoms with Crippen LogP contribution in [-0.4, -0.2) is 26.8 Å². The van der Waals surface area contributed by atoms with Crippen molar-refractivity contribution in [2.24, 2.45) is 0 Å². The maximum Gasteiger partial charge on any atom is 0.234 e. The Morgan fingerprint density at radius 3 is 3.06 bits per heavy atom. The molecule has 0 saturated carbocycles. The van der Waals surface area contributed by atoms with Crippen LogP contribution in [0.1, 0.15) is 0 Å². The molecule has 0 aliphatic heterocycles. The summed E-state index contributed by atoms with van der Waals surface area (Å²) in [6, 6.07) is 5.21. The molecule has 6 nitrogen and oxygen atoms in total. The fourth-order valence-electron chi connectivity index (χ4n) is 1.22. The van der Waals surface area contributed by atoms with E-state index in [0.29, 0.717) is 16.5 Å². The van der Waals surface area contributed by atoms with Crippen LogP contribution in [0.15, 0.2) is 34.2 Å². The highest BCUT2D eigenvalue weighted by Crippen LogP contribution is 2.24. The maximum atomic E-state index is 11.7. The molecule has 0 aliphatic rings. The topological polar surface area (TPSA) is 96.7 Å². The fraction of sp³-hybridized carbons (Fsp3) is 0.100. The average molecular weight is 328 g/mol. The Morgan fingerprint density at radius 2 is 2.39 bits per heavy atom. The Hall–Kier alpha value is -1.54. The number of benzene rings is 1. The second-order valence-corrected chi connectivity index (χ2v) is 5.19. The number of anilines is 2. The molecule has 0 fully saturated rings. The first-order valence-electron chi connectivity index (χ1n) is 4.98. The van der Waals surface area contributed by atoms with Gasteiger partial charge in [0.25, 0.3) is 0 Å². The Balaban J connectivity index is 1.91. The smallest absolute Gasteiger partial charge is 0.234 e. The van der Waals surface area contributed by atoms with Crippen LogP contribution in [0.5, 0.6) is 0 Å². The lowest BCUT2D eigenvalue weighted by atomic mass is 10.3. The summed E-state index contributed by atoms with van der Waals surface area (Å²) in [6.07, 6.45) is 1.40. The normalized spacial score (nSPS) is 10.3. The second-order valence-electron chi connectivity index (χ2n) is 3.37. The summed E-state index contributed by atoms with van der Waals surface area (Å²) in [5, 5.41) is 9.76. The van der Waals surface area contributed by atoms with Gasteiger partial charge in [-0.2, -0.15) is 5.10 Å². The molecule has 8 heteroatoms. The van der Waals surface area contributed by atoms with Crippen molar-refractivity contribution >= 4 is 45.0 Å². The van der Waals surface area contributed by atoms with Gasteiger partial charge in [0.1, 0.15) is 6.33 Å². The third kappa shape index (κ3) is 3.47. The van der Waals surface area contributed by atoms with Crippen LogP contribution >= 0.6 is 27.7 Å². The zero-order valence-corrected chi connectivity index (χ0v) is 11.6. The lowest BCUT2D eigenvalue weighted by Gasteiger charge is -2.07. The second kappa shape index (κ2) is 5.87. The largest absolute Gasteiger partial charge is 0.399 e. The van der Waals surface area contributed by atoms with Crippen molar-refractivity contribution in [2.75, 3.05) is 16.8 Å². The van der Waals surface area contributed by atoms with Gasteiger partial charge in [0.15, 0.2) is 5.16 Å². The highest BCUT2D eigenvalue weighted by Gasteiger charge is 2.07. The van der Waals surface area contributed by atoms with E-state index in [1.807, 2.05) is 0 Å². The van der Waals surface area contributed by atoms with Gasteiger partial charge < -0.3 is 11.1 Å². The molecule has 0 radical (unpaired) electrons. The van der Waals surface area contributed by atoms with Crippen LogP contribution in [-0.2, 0) is 4.79 Å². The number of thioether (sulfide) groups is 1. The first-order chi connectivity index (χ1) is 8.65. The van der Waals surface area contributed by atoms with Crippen LogP contribution < -0.4 is 11.1 Å². The highest BCUT2D eigenvalue weighted by atomic mass is 79.9. The number of carbonyl (C=O) groups excluding carboxylic acids is 1. The molecule has 0 saturated heterocycles. The van der Waals surface area contributed by atoms with Crippen molar-refractivity contribution in [3.63, 3.8) is 0 Å². The zero-order valence-electron chi connectivity index (χ0n) is 9.18. The van der Waals surface area contributed by atoms with Gasteiger partial charge in [0.2, 0.25) is 5.91 Å². The van der Waals surface area contributed by atoms with Crippen LogP contribution in [0.3, 0.4) is 0 Å². The number of halogens is 1. The van der Waals surface area contributed by atoms with Gasteiger partial charge in [-0.25, -0.2) is 4.98 Å². The van der Waals surface area contributed by atoms with Crippen molar-refractivity contribution in [1.82, 2.24) is 15.2 Å². The summed E-state index contributed by atoms with van der Waals surface area (Å²) in [7, 11) is 0. The Labute approximate surface area is 116 Å². The summed E-state index contributed by atoms with van der Waals surface area (Å²) in [4.78, 5) is 15.6. The molecule has 1 heterocycles. The summed E-state index contributed by atoms with van der Waals surface area (Å²) < 4.78 is 0.750. The van der Waals surface area contributed by atoms with Crippen molar-refractivity contribution < 1.29 is 4.79 Å². The molecule has 0 unspecified atom stereocenters. The van der Waals surface area contributed by atoms with E-state index in [1.165, 1.54) is 18.1 Å². The Bertz CT molecular complexity index is 545. The van der Waals surface area contributed by atoms with Crippen LogP contribution in [0.2, 0.25) is 0 Å². The van der Waals surface area contributed by atoms with Gasteiger partial charge in [-0.15, -0.1) is 0 Å². The van der Waals surface area contributed by atoms with E-state index in [4.69, 9.17) is 5.73 Å². The van der Waals surface area contributed by atoms with Crippen LogP contribution in [0.25, 0.3) is 0 Å². The van der Waals surface area contributed by atoms with Gasteiger partial charge in [0, 0.05) is 10.2 Å². The summed E-state index contributed by atoms with van der Waals surface area (Å²) in [5.41, 5.74) is 6.94. The third-order valence-electron chi connectivity index (χ3n) is 2.00. The number of carbonyl (C=O) groups is 1. The number of H-pyrrole nitrogens is 1. The minimum Gasteiger partial charge on any atom is -0.399 e. The molecule has 2 aromatic rings. The average Bonchev–Trinajstić information content (AvgIpc) is 2.83. The number of hydrogen-bond acceptors (Lipinski definition) is 5. The SMILES string of the molecule is Nc1ccc(NC(=O)CSc2ncn[nH]2)c(Br)c1. The molecule has 0 bridgehead atoms. The first kappa shape index (κ1) is 12.9. The molecular formula is C10H10BrN5OS. The number of aromatic nitrogens is 3. The van der Waals surface area contributed by atoms with E-state index >= 15 is 0 Å². The van der Waals surface area contributed by atoms with Crippen molar-refractivity contribution in [3.8, 4) is 0 Å². The number of aromatic amines is 1. The van der Waals surface area contributed by atoms with E-state index in [0.717, 1.165) is 4.47 Å². The van der Waals surface area contributed by atoms with Gasteiger partial charge in [0.05, 0.1) is 11.4 Å². The number of nitrogens with one attached hydrogen (secondary N) is 2. The van der Waals surface area contributed by atoms with E-state index in [1.54, 1.807) is 18.2 Å². The molecule has 0 aliphatic carbocycles. The summed E-state index contributed by atoms with van der Waals surface area (Å²) in [5.74, 6) is 0.133. The van der Waals surface area contributed by atoms with Gasteiger partial charge in [-0.3, -0.25) is 9.89 Å². The van der Waals surface area contributed by atoms with Gasteiger partial charge >= 0.3 is 0 Å². The number of nitrogens with two attached hydrogens (primary N) is 1. The number of amides is 1. The molecule has 1 aromatic heterocycles.